The predicted octanol–water partition coefficient (Wildman–Crippen LogP) is 3.34. The Morgan fingerprint density at radius 2 is 1.90 bits per heavy atom. The third-order valence-corrected chi connectivity index (χ3v) is 4.74. The maximum Gasteiger partial charge on any atom is 0.227 e. The molecular formula is C17H18N2OS. The standard InChI is InChI=1S/C17H18N2OS/c18-14-6-2-1-5-13(14)9-10-17(20)19-11-12-21-16-8-4-3-7-15(16)19/h1-8H,9-12,18H2. The molecule has 0 aromatic heterocycles. The lowest BCUT2D eigenvalue weighted by molar-refractivity contribution is -0.118. The Morgan fingerprint density at radius 1 is 1.14 bits per heavy atom. The Bertz CT molecular complexity index is 657. The Kier molecular flexibility index (Phi) is 4.15. The van der Waals surface area contributed by atoms with Gasteiger partial charge in [-0.25, -0.2) is 0 Å². The highest BCUT2D eigenvalue weighted by atomic mass is 32.2. The van der Waals surface area contributed by atoms with Crippen molar-refractivity contribution in [1.29, 1.82) is 0 Å². The van der Waals surface area contributed by atoms with E-state index in [4.69, 9.17) is 5.73 Å². The van der Waals surface area contributed by atoms with Gasteiger partial charge in [-0.15, -0.1) is 11.8 Å². The summed E-state index contributed by atoms with van der Waals surface area (Å²) in [7, 11) is 0. The Balaban J connectivity index is 1.71. The highest BCUT2D eigenvalue weighted by Gasteiger charge is 2.22. The number of nitrogen functional groups attached to an aromatic ring is 1. The van der Waals surface area contributed by atoms with Crippen molar-refractivity contribution in [1.82, 2.24) is 0 Å². The van der Waals surface area contributed by atoms with Gasteiger partial charge in [0.15, 0.2) is 0 Å². The molecule has 1 heterocycles. The maximum atomic E-state index is 12.5. The molecule has 3 rings (SSSR count). The third kappa shape index (κ3) is 3.05. The lowest BCUT2D eigenvalue weighted by atomic mass is 10.1. The lowest BCUT2D eigenvalue weighted by Gasteiger charge is -2.29. The van der Waals surface area contributed by atoms with Gasteiger partial charge in [-0.1, -0.05) is 30.3 Å². The smallest absolute Gasteiger partial charge is 0.227 e. The number of amides is 1. The van der Waals surface area contributed by atoms with Crippen LogP contribution in [0.15, 0.2) is 53.4 Å². The molecule has 0 fully saturated rings. The molecule has 1 aliphatic rings. The van der Waals surface area contributed by atoms with Crippen LogP contribution in [-0.2, 0) is 11.2 Å². The third-order valence-electron chi connectivity index (χ3n) is 3.69. The largest absolute Gasteiger partial charge is 0.399 e. The Hall–Kier alpha value is -1.94. The molecule has 0 saturated heterocycles. The first kappa shape index (κ1) is 14.0. The van der Waals surface area contributed by atoms with Crippen LogP contribution in [0.4, 0.5) is 11.4 Å². The zero-order valence-electron chi connectivity index (χ0n) is 11.8. The molecule has 1 amide bonds. The molecule has 0 unspecified atom stereocenters. The van der Waals surface area contributed by atoms with Gasteiger partial charge in [0.2, 0.25) is 5.91 Å². The summed E-state index contributed by atoms with van der Waals surface area (Å²) in [6.45, 7) is 0.783. The van der Waals surface area contributed by atoms with Crippen molar-refractivity contribution in [3.8, 4) is 0 Å². The summed E-state index contributed by atoms with van der Waals surface area (Å²) in [5.41, 5.74) is 8.79. The van der Waals surface area contributed by atoms with Crippen molar-refractivity contribution in [2.45, 2.75) is 17.7 Å². The van der Waals surface area contributed by atoms with Crippen LogP contribution in [0.5, 0.6) is 0 Å². The quantitative estimate of drug-likeness (QED) is 0.884. The second-order valence-electron chi connectivity index (χ2n) is 5.06. The fraction of sp³-hybridized carbons (Fsp3) is 0.235. The minimum absolute atomic E-state index is 0.172. The highest BCUT2D eigenvalue weighted by Crippen LogP contribution is 2.34. The molecule has 3 nitrogen and oxygen atoms in total. The van der Waals surface area contributed by atoms with Gasteiger partial charge in [-0.2, -0.15) is 0 Å². The molecule has 21 heavy (non-hydrogen) atoms. The van der Waals surface area contributed by atoms with Crippen molar-refractivity contribution in [3.05, 3.63) is 54.1 Å². The van der Waals surface area contributed by atoms with Crippen LogP contribution >= 0.6 is 11.8 Å². The lowest BCUT2D eigenvalue weighted by Crippen LogP contribution is -2.35. The highest BCUT2D eigenvalue weighted by molar-refractivity contribution is 7.99. The van der Waals surface area contributed by atoms with E-state index in [0.717, 1.165) is 29.2 Å². The predicted molar refractivity (Wildman–Crippen MR) is 88.7 cm³/mol. The molecule has 0 aliphatic carbocycles. The normalized spacial score (nSPS) is 13.8. The molecule has 0 saturated carbocycles. The first-order valence-electron chi connectivity index (χ1n) is 7.11. The van der Waals surface area contributed by atoms with E-state index in [1.807, 2.05) is 59.1 Å². The number of aryl methyl sites for hydroxylation is 1. The number of fused-ring (bicyclic) bond motifs is 1. The summed E-state index contributed by atoms with van der Waals surface area (Å²) >= 11 is 1.81. The fourth-order valence-electron chi connectivity index (χ4n) is 2.57. The first-order valence-corrected chi connectivity index (χ1v) is 8.10. The average molecular weight is 298 g/mol. The summed E-state index contributed by atoms with van der Waals surface area (Å²) < 4.78 is 0. The molecule has 0 bridgehead atoms. The van der Waals surface area contributed by atoms with Crippen molar-refractivity contribution < 1.29 is 4.79 Å². The summed E-state index contributed by atoms with van der Waals surface area (Å²) in [6, 6.07) is 15.9. The van der Waals surface area contributed by atoms with Crippen LogP contribution in [-0.4, -0.2) is 18.2 Å². The number of thioether (sulfide) groups is 1. The number of hydrogen-bond acceptors (Lipinski definition) is 3. The van der Waals surface area contributed by atoms with Crippen LogP contribution < -0.4 is 10.6 Å². The van der Waals surface area contributed by atoms with Crippen molar-refractivity contribution >= 4 is 29.0 Å². The van der Waals surface area contributed by atoms with Crippen LogP contribution in [0.1, 0.15) is 12.0 Å². The second-order valence-corrected chi connectivity index (χ2v) is 6.20. The van der Waals surface area contributed by atoms with E-state index in [9.17, 15) is 4.79 Å². The van der Waals surface area contributed by atoms with E-state index < -0.39 is 0 Å². The zero-order valence-corrected chi connectivity index (χ0v) is 12.6. The van der Waals surface area contributed by atoms with E-state index in [1.54, 1.807) is 0 Å². The van der Waals surface area contributed by atoms with Gasteiger partial charge in [-0.3, -0.25) is 4.79 Å². The number of hydrogen-bond donors (Lipinski definition) is 1. The molecule has 1 aliphatic heterocycles. The molecule has 0 atom stereocenters. The molecule has 0 spiro atoms. The molecule has 4 heteroatoms. The van der Waals surface area contributed by atoms with E-state index >= 15 is 0 Å². The van der Waals surface area contributed by atoms with Crippen molar-refractivity contribution in [2.75, 3.05) is 22.9 Å². The molecule has 108 valence electrons. The summed E-state index contributed by atoms with van der Waals surface area (Å²) in [5.74, 6) is 1.13. The average Bonchev–Trinajstić information content (AvgIpc) is 2.53. The van der Waals surface area contributed by atoms with E-state index in [0.29, 0.717) is 12.8 Å². The van der Waals surface area contributed by atoms with Gasteiger partial charge in [0.25, 0.3) is 0 Å². The zero-order chi connectivity index (χ0) is 14.7. The van der Waals surface area contributed by atoms with E-state index in [1.165, 1.54) is 4.90 Å². The molecule has 2 N–H and O–H groups in total. The number of carbonyl (C=O) groups excluding carboxylic acids is 1. The minimum atomic E-state index is 0.172. The molecule has 2 aromatic carbocycles. The number of para-hydroxylation sites is 2. The Morgan fingerprint density at radius 3 is 2.76 bits per heavy atom. The number of rotatable bonds is 3. The van der Waals surface area contributed by atoms with E-state index in [-0.39, 0.29) is 5.91 Å². The van der Waals surface area contributed by atoms with Gasteiger partial charge in [0.1, 0.15) is 0 Å². The topological polar surface area (TPSA) is 46.3 Å². The van der Waals surface area contributed by atoms with Crippen LogP contribution in [0.25, 0.3) is 0 Å². The summed E-state index contributed by atoms with van der Waals surface area (Å²) in [4.78, 5) is 15.6. The van der Waals surface area contributed by atoms with Gasteiger partial charge >= 0.3 is 0 Å². The second kappa shape index (κ2) is 6.22. The number of carbonyl (C=O) groups is 1. The van der Waals surface area contributed by atoms with Crippen LogP contribution in [0.2, 0.25) is 0 Å². The summed E-state index contributed by atoms with van der Waals surface area (Å²) in [5, 5.41) is 0. The van der Waals surface area contributed by atoms with Crippen LogP contribution in [0, 0.1) is 0 Å². The SMILES string of the molecule is Nc1ccccc1CCC(=O)N1CCSc2ccccc21. The number of nitrogens with two attached hydrogens (primary N) is 1. The maximum absolute atomic E-state index is 12.5. The molecular weight excluding hydrogens is 280 g/mol. The van der Waals surface area contributed by atoms with Crippen LogP contribution in [0.3, 0.4) is 0 Å². The monoisotopic (exact) mass is 298 g/mol. The van der Waals surface area contributed by atoms with Gasteiger partial charge in [0.05, 0.1) is 5.69 Å². The van der Waals surface area contributed by atoms with Crippen molar-refractivity contribution in [3.63, 3.8) is 0 Å². The fourth-order valence-corrected chi connectivity index (χ4v) is 3.56. The number of nitrogens with zero attached hydrogens (tertiary/aromatic N) is 1. The van der Waals surface area contributed by atoms with Gasteiger partial charge in [-0.05, 0) is 30.2 Å². The Labute approximate surface area is 129 Å². The van der Waals surface area contributed by atoms with Gasteiger partial charge < -0.3 is 10.6 Å². The molecule has 0 radical (unpaired) electrons. The molecule has 2 aromatic rings. The van der Waals surface area contributed by atoms with Crippen molar-refractivity contribution in [2.24, 2.45) is 0 Å². The first-order chi connectivity index (χ1) is 10.3. The minimum Gasteiger partial charge on any atom is -0.399 e. The van der Waals surface area contributed by atoms with Gasteiger partial charge in [0, 0.05) is 29.3 Å². The summed E-state index contributed by atoms with van der Waals surface area (Å²) in [6.07, 6.45) is 1.19. The number of benzene rings is 2. The van der Waals surface area contributed by atoms with E-state index in [2.05, 4.69) is 6.07 Å². The number of anilines is 2.